The molecule has 0 saturated carbocycles. The van der Waals surface area contributed by atoms with Crippen LogP contribution in [0.15, 0.2) is 73.1 Å². The van der Waals surface area contributed by atoms with E-state index in [1.807, 2.05) is 41.4 Å². The quantitative estimate of drug-likeness (QED) is 0.672. The van der Waals surface area contributed by atoms with E-state index in [0.717, 1.165) is 25.5 Å². The Bertz CT molecular complexity index is 1010. The Balaban J connectivity index is 1.45. The van der Waals surface area contributed by atoms with Crippen molar-refractivity contribution in [1.82, 2.24) is 14.9 Å². The number of anilines is 1. The average Bonchev–Trinajstić information content (AvgIpc) is 3.38. The van der Waals surface area contributed by atoms with Crippen LogP contribution in [0.2, 0.25) is 0 Å². The number of amides is 1. The van der Waals surface area contributed by atoms with Crippen LogP contribution in [0.25, 0.3) is 0 Å². The number of hydrogen-bond acceptors (Lipinski definition) is 5. The molecule has 6 nitrogen and oxygen atoms in total. The maximum atomic E-state index is 13.4. The van der Waals surface area contributed by atoms with Gasteiger partial charge in [-0.2, -0.15) is 0 Å². The number of methoxy groups -OCH3 is 1. The molecule has 4 heterocycles. The van der Waals surface area contributed by atoms with Crippen molar-refractivity contribution in [3.8, 4) is 5.88 Å². The molecule has 0 radical (unpaired) electrons. The second kappa shape index (κ2) is 7.78. The van der Waals surface area contributed by atoms with Gasteiger partial charge in [-0.25, -0.2) is 9.97 Å². The Morgan fingerprint density at radius 1 is 0.967 bits per heavy atom. The van der Waals surface area contributed by atoms with Gasteiger partial charge in [0, 0.05) is 49.9 Å². The minimum atomic E-state index is 0.0257. The van der Waals surface area contributed by atoms with Crippen LogP contribution in [-0.2, 0) is 0 Å². The second-order valence-corrected chi connectivity index (χ2v) is 7.92. The van der Waals surface area contributed by atoms with Gasteiger partial charge in [0.15, 0.2) is 0 Å². The molecule has 2 aliphatic rings. The van der Waals surface area contributed by atoms with Crippen molar-refractivity contribution >= 4 is 11.7 Å². The number of likely N-dealkylation sites (tertiary alicyclic amines) is 1. The van der Waals surface area contributed by atoms with Gasteiger partial charge in [-0.05, 0) is 23.8 Å². The fraction of sp³-hybridized carbons (Fsp3) is 0.292. The standard InChI is InChI=1S/C24H24N4O2/c1-30-22-11-10-18(13-26-22)24(29)28-15-19-14-27(21-9-5-6-12-25-21)16-20(19)23(28)17-7-3-2-4-8-17/h2-13,19-20,23H,14-16H2,1H3/t19-,20-,23-/m0/s1. The summed E-state index contributed by atoms with van der Waals surface area (Å²) in [7, 11) is 1.57. The van der Waals surface area contributed by atoms with E-state index in [4.69, 9.17) is 4.74 Å². The molecule has 3 aromatic rings. The number of aromatic nitrogens is 2. The molecule has 2 aliphatic heterocycles. The number of carbonyl (C=O) groups is 1. The van der Waals surface area contributed by atoms with E-state index in [0.29, 0.717) is 23.3 Å². The molecule has 5 rings (SSSR count). The molecule has 6 heteroatoms. The van der Waals surface area contributed by atoms with Gasteiger partial charge in [-0.1, -0.05) is 36.4 Å². The molecule has 0 aliphatic carbocycles. The SMILES string of the molecule is COc1ccc(C(=O)N2C[C@@H]3CN(c4ccccn4)C[C@@H]3[C@@H]2c2ccccc2)cn1. The molecule has 0 bridgehead atoms. The first-order valence-corrected chi connectivity index (χ1v) is 10.3. The van der Waals surface area contributed by atoms with Crippen molar-refractivity contribution in [3.05, 3.63) is 84.2 Å². The number of nitrogens with zero attached hydrogens (tertiary/aromatic N) is 4. The van der Waals surface area contributed by atoms with Crippen LogP contribution in [0.3, 0.4) is 0 Å². The molecule has 2 saturated heterocycles. The average molecular weight is 400 g/mol. The lowest BCUT2D eigenvalue weighted by Gasteiger charge is -2.30. The third kappa shape index (κ3) is 3.28. The fourth-order valence-corrected chi connectivity index (χ4v) is 4.85. The molecule has 3 atom stereocenters. The topological polar surface area (TPSA) is 58.6 Å². The Labute approximate surface area is 176 Å². The van der Waals surface area contributed by atoms with E-state index in [-0.39, 0.29) is 11.9 Å². The van der Waals surface area contributed by atoms with Crippen molar-refractivity contribution in [2.24, 2.45) is 11.8 Å². The van der Waals surface area contributed by atoms with Crippen LogP contribution in [0.4, 0.5) is 5.82 Å². The summed E-state index contributed by atoms with van der Waals surface area (Å²) in [6.07, 6.45) is 3.45. The Morgan fingerprint density at radius 2 is 1.80 bits per heavy atom. The molecular weight excluding hydrogens is 376 g/mol. The number of fused-ring (bicyclic) bond motifs is 1. The number of pyridine rings is 2. The van der Waals surface area contributed by atoms with E-state index in [1.54, 1.807) is 25.4 Å². The van der Waals surface area contributed by atoms with Gasteiger partial charge in [-0.3, -0.25) is 4.79 Å². The zero-order valence-electron chi connectivity index (χ0n) is 16.9. The number of ether oxygens (including phenoxy) is 1. The zero-order chi connectivity index (χ0) is 20.5. The van der Waals surface area contributed by atoms with Gasteiger partial charge in [0.2, 0.25) is 5.88 Å². The van der Waals surface area contributed by atoms with E-state index < -0.39 is 0 Å². The van der Waals surface area contributed by atoms with Crippen LogP contribution in [0.5, 0.6) is 5.88 Å². The van der Waals surface area contributed by atoms with Gasteiger partial charge in [-0.15, -0.1) is 0 Å². The van der Waals surface area contributed by atoms with Crippen LogP contribution < -0.4 is 9.64 Å². The Kier molecular flexibility index (Phi) is 4.83. The molecule has 0 N–H and O–H groups in total. The van der Waals surface area contributed by atoms with Crippen LogP contribution >= 0.6 is 0 Å². The lowest BCUT2D eigenvalue weighted by Crippen LogP contribution is -2.36. The van der Waals surface area contributed by atoms with E-state index in [9.17, 15) is 4.79 Å². The fourth-order valence-electron chi connectivity index (χ4n) is 4.85. The highest BCUT2D eigenvalue weighted by Crippen LogP contribution is 2.46. The highest BCUT2D eigenvalue weighted by molar-refractivity contribution is 5.94. The van der Waals surface area contributed by atoms with Crippen LogP contribution in [0.1, 0.15) is 22.0 Å². The third-order valence-electron chi connectivity index (χ3n) is 6.23. The summed E-state index contributed by atoms with van der Waals surface area (Å²) < 4.78 is 5.13. The normalized spacial score (nSPS) is 22.8. The summed E-state index contributed by atoms with van der Waals surface area (Å²) in [5.41, 5.74) is 1.78. The van der Waals surface area contributed by atoms with Crippen molar-refractivity contribution in [2.45, 2.75) is 6.04 Å². The first-order valence-electron chi connectivity index (χ1n) is 10.3. The number of benzene rings is 1. The summed E-state index contributed by atoms with van der Waals surface area (Å²) in [5, 5.41) is 0. The van der Waals surface area contributed by atoms with Crippen molar-refractivity contribution in [3.63, 3.8) is 0 Å². The molecule has 1 aromatic carbocycles. The van der Waals surface area contributed by atoms with Crippen LogP contribution in [-0.4, -0.2) is 47.5 Å². The molecule has 152 valence electrons. The van der Waals surface area contributed by atoms with Gasteiger partial charge in [0.25, 0.3) is 5.91 Å². The summed E-state index contributed by atoms with van der Waals surface area (Å²) >= 11 is 0. The van der Waals surface area contributed by atoms with Gasteiger partial charge >= 0.3 is 0 Å². The van der Waals surface area contributed by atoms with Gasteiger partial charge < -0.3 is 14.5 Å². The predicted octanol–water partition coefficient (Wildman–Crippen LogP) is 3.43. The summed E-state index contributed by atoms with van der Waals surface area (Å²) in [6, 6.07) is 20.0. The van der Waals surface area contributed by atoms with Gasteiger partial charge in [0.1, 0.15) is 5.82 Å². The lowest BCUT2D eigenvalue weighted by molar-refractivity contribution is 0.0715. The zero-order valence-corrected chi connectivity index (χ0v) is 16.9. The van der Waals surface area contributed by atoms with E-state index >= 15 is 0 Å². The summed E-state index contributed by atoms with van der Waals surface area (Å²) in [4.78, 5) is 26.6. The minimum Gasteiger partial charge on any atom is -0.481 e. The lowest BCUT2D eigenvalue weighted by atomic mass is 9.89. The maximum Gasteiger partial charge on any atom is 0.255 e. The summed E-state index contributed by atoms with van der Waals surface area (Å²) in [6.45, 7) is 2.54. The smallest absolute Gasteiger partial charge is 0.255 e. The molecule has 1 amide bonds. The Morgan fingerprint density at radius 3 is 2.50 bits per heavy atom. The molecule has 2 fully saturated rings. The van der Waals surface area contributed by atoms with Gasteiger partial charge in [0.05, 0.1) is 18.7 Å². The molecular formula is C24H24N4O2. The first kappa shape index (κ1) is 18.6. The molecule has 2 aromatic heterocycles. The minimum absolute atomic E-state index is 0.0257. The predicted molar refractivity (Wildman–Crippen MR) is 114 cm³/mol. The van der Waals surface area contributed by atoms with Crippen molar-refractivity contribution in [2.75, 3.05) is 31.6 Å². The summed E-state index contributed by atoms with van der Waals surface area (Å²) in [5.74, 6) is 2.32. The highest BCUT2D eigenvalue weighted by atomic mass is 16.5. The highest BCUT2D eigenvalue weighted by Gasteiger charge is 2.49. The second-order valence-electron chi connectivity index (χ2n) is 7.92. The number of carbonyl (C=O) groups excluding carboxylic acids is 1. The van der Waals surface area contributed by atoms with Crippen LogP contribution in [0, 0.1) is 11.8 Å². The number of rotatable bonds is 4. The Hall–Kier alpha value is -3.41. The van der Waals surface area contributed by atoms with E-state index in [1.165, 1.54) is 5.56 Å². The molecule has 0 unspecified atom stereocenters. The maximum absolute atomic E-state index is 13.4. The largest absolute Gasteiger partial charge is 0.481 e. The van der Waals surface area contributed by atoms with E-state index in [2.05, 4.69) is 33.1 Å². The number of hydrogen-bond donors (Lipinski definition) is 0. The van der Waals surface area contributed by atoms with Crippen molar-refractivity contribution in [1.29, 1.82) is 0 Å². The first-order chi connectivity index (χ1) is 14.7. The monoisotopic (exact) mass is 400 g/mol. The third-order valence-corrected chi connectivity index (χ3v) is 6.23. The molecule has 0 spiro atoms. The van der Waals surface area contributed by atoms with Crippen molar-refractivity contribution < 1.29 is 9.53 Å². The molecule has 30 heavy (non-hydrogen) atoms.